The number of hydrogen-bond donors (Lipinski definition) is 1. The zero-order valence-corrected chi connectivity index (χ0v) is 11.9. The fourth-order valence-electron chi connectivity index (χ4n) is 1.66. The minimum atomic E-state index is 0.291. The van der Waals surface area contributed by atoms with Gasteiger partial charge in [0.2, 0.25) is 0 Å². The highest BCUT2D eigenvalue weighted by Gasteiger charge is 2.14. The van der Waals surface area contributed by atoms with Gasteiger partial charge in [-0.1, -0.05) is 32.4 Å². The van der Waals surface area contributed by atoms with E-state index in [1.807, 2.05) is 6.92 Å². The van der Waals surface area contributed by atoms with Crippen molar-refractivity contribution in [3.05, 3.63) is 17.0 Å². The molecule has 0 aliphatic rings. The average molecular weight is 268 g/mol. The second kappa shape index (κ2) is 4.72. The van der Waals surface area contributed by atoms with E-state index in [0.29, 0.717) is 16.3 Å². The zero-order chi connectivity index (χ0) is 13.3. The molecule has 0 saturated heterocycles. The van der Waals surface area contributed by atoms with Crippen LogP contribution in [0.2, 0.25) is 5.15 Å². The van der Waals surface area contributed by atoms with Crippen molar-refractivity contribution in [2.45, 2.75) is 34.1 Å². The molecule has 0 aromatic carbocycles. The number of fused-ring (bicyclic) bond motifs is 1. The fourth-order valence-corrected chi connectivity index (χ4v) is 1.83. The van der Waals surface area contributed by atoms with Crippen LogP contribution in [0.4, 0.5) is 5.82 Å². The standard InChI is InChI=1S/C12H18ClN5/c1-8-9(13)17-11-15-7-16-18(11)10(8)14-6-5-12(2,3)4/h7,14H,5-6H2,1-4H3. The van der Waals surface area contributed by atoms with Crippen LogP contribution in [0.3, 0.4) is 0 Å². The van der Waals surface area contributed by atoms with Gasteiger partial charge in [-0.05, 0) is 18.8 Å². The second-order valence-corrected chi connectivity index (χ2v) is 5.94. The highest BCUT2D eigenvalue weighted by molar-refractivity contribution is 6.30. The number of aromatic nitrogens is 4. The lowest BCUT2D eigenvalue weighted by atomic mass is 9.92. The Morgan fingerprint density at radius 3 is 2.78 bits per heavy atom. The van der Waals surface area contributed by atoms with Crippen molar-refractivity contribution >= 4 is 23.2 Å². The summed E-state index contributed by atoms with van der Waals surface area (Å²) < 4.78 is 1.68. The first-order chi connectivity index (χ1) is 8.38. The number of nitrogens with one attached hydrogen (secondary N) is 1. The monoisotopic (exact) mass is 267 g/mol. The largest absolute Gasteiger partial charge is 0.370 e. The van der Waals surface area contributed by atoms with E-state index in [9.17, 15) is 0 Å². The molecule has 6 heteroatoms. The van der Waals surface area contributed by atoms with Crippen molar-refractivity contribution in [2.24, 2.45) is 5.41 Å². The smallest absolute Gasteiger partial charge is 0.255 e. The maximum atomic E-state index is 6.09. The summed E-state index contributed by atoms with van der Waals surface area (Å²) in [6.07, 6.45) is 2.54. The molecule has 1 N–H and O–H groups in total. The summed E-state index contributed by atoms with van der Waals surface area (Å²) in [4.78, 5) is 8.22. The van der Waals surface area contributed by atoms with Crippen molar-refractivity contribution in [3.8, 4) is 0 Å². The molecule has 2 rings (SSSR count). The maximum Gasteiger partial charge on any atom is 0.255 e. The van der Waals surface area contributed by atoms with Crippen molar-refractivity contribution in [1.82, 2.24) is 19.6 Å². The van der Waals surface area contributed by atoms with Gasteiger partial charge in [0.15, 0.2) is 0 Å². The summed E-state index contributed by atoms with van der Waals surface area (Å²) in [6, 6.07) is 0. The topological polar surface area (TPSA) is 55.1 Å². The van der Waals surface area contributed by atoms with Gasteiger partial charge in [0.25, 0.3) is 5.78 Å². The number of hydrogen-bond acceptors (Lipinski definition) is 4. The van der Waals surface area contributed by atoms with Crippen molar-refractivity contribution in [2.75, 3.05) is 11.9 Å². The lowest BCUT2D eigenvalue weighted by Gasteiger charge is -2.19. The lowest BCUT2D eigenvalue weighted by Crippen LogP contribution is -2.15. The van der Waals surface area contributed by atoms with Gasteiger partial charge in [0.05, 0.1) is 0 Å². The van der Waals surface area contributed by atoms with Crippen molar-refractivity contribution in [3.63, 3.8) is 0 Å². The van der Waals surface area contributed by atoms with Gasteiger partial charge in [0, 0.05) is 12.1 Å². The Hall–Kier alpha value is -1.36. The summed E-state index contributed by atoms with van der Waals surface area (Å²) in [6.45, 7) is 9.43. The molecule has 0 aliphatic carbocycles. The molecule has 0 spiro atoms. The summed E-state index contributed by atoms with van der Waals surface area (Å²) in [5.74, 6) is 1.38. The molecule has 18 heavy (non-hydrogen) atoms. The molecule has 0 saturated carbocycles. The Kier molecular flexibility index (Phi) is 3.43. The van der Waals surface area contributed by atoms with Crippen molar-refractivity contribution < 1.29 is 0 Å². The van der Waals surface area contributed by atoms with E-state index < -0.39 is 0 Å². The SMILES string of the molecule is Cc1c(Cl)nc2ncnn2c1NCCC(C)(C)C. The minimum Gasteiger partial charge on any atom is -0.370 e. The lowest BCUT2D eigenvalue weighted by molar-refractivity contribution is 0.389. The van der Waals surface area contributed by atoms with Crippen LogP contribution in [0.1, 0.15) is 32.8 Å². The third kappa shape index (κ3) is 2.72. The molecule has 2 heterocycles. The van der Waals surface area contributed by atoms with Gasteiger partial charge in [-0.25, -0.2) is 0 Å². The molecule has 5 nitrogen and oxygen atoms in total. The summed E-state index contributed by atoms with van der Waals surface area (Å²) in [5, 5.41) is 8.00. The van der Waals surface area contributed by atoms with E-state index in [1.165, 1.54) is 6.33 Å². The number of halogens is 1. The third-order valence-corrected chi connectivity index (χ3v) is 3.14. The molecule has 0 fully saturated rings. The summed E-state index contributed by atoms with van der Waals surface area (Å²) >= 11 is 6.09. The number of anilines is 1. The van der Waals surface area contributed by atoms with Crippen LogP contribution in [0.15, 0.2) is 6.33 Å². The molecule has 0 amide bonds. The van der Waals surface area contributed by atoms with Crippen LogP contribution < -0.4 is 5.32 Å². The Morgan fingerprint density at radius 1 is 1.39 bits per heavy atom. The van der Waals surface area contributed by atoms with Crippen LogP contribution >= 0.6 is 11.6 Å². The maximum absolute atomic E-state index is 6.09. The molecule has 0 atom stereocenters. The predicted octanol–water partition coefficient (Wildman–Crippen LogP) is 2.93. The van der Waals surface area contributed by atoms with Crippen molar-refractivity contribution in [1.29, 1.82) is 0 Å². The van der Waals surface area contributed by atoms with Gasteiger partial charge >= 0.3 is 0 Å². The summed E-state index contributed by atoms with van der Waals surface area (Å²) in [7, 11) is 0. The first-order valence-electron chi connectivity index (χ1n) is 5.98. The Labute approximate surface area is 112 Å². The van der Waals surface area contributed by atoms with Gasteiger partial charge in [-0.15, -0.1) is 0 Å². The van der Waals surface area contributed by atoms with Crippen LogP contribution in [-0.2, 0) is 0 Å². The minimum absolute atomic E-state index is 0.291. The second-order valence-electron chi connectivity index (χ2n) is 5.59. The molecular weight excluding hydrogens is 250 g/mol. The highest BCUT2D eigenvalue weighted by Crippen LogP contribution is 2.23. The number of rotatable bonds is 3. The van der Waals surface area contributed by atoms with Gasteiger partial charge in [-0.2, -0.15) is 19.6 Å². The predicted molar refractivity (Wildman–Crippen MR) is 73.1 cm³/mol. The van der Waals surface area contributed by atoms with Gasteiger partial charge in [0.1, 0.15) is 17.3 Å². The first-order valence-corrected chi connectivity index (χ1v) is 6.36. The van der Waals surface area contributed by atoms with Crippen LogP contribution in [0, 0.1) is 12.3 Å². The normalized spacial score (nSPS) is 12.1. The molecule has 2 aromatic heterocycles. The molecule has 0 bridgehead atoms. The quantitative estimate of drug-likeness (QED) is 0.869. The molecule has 0 aliphatic heterocycles. The van der Waals surface area contributed by atoms with E-state index in [-0.39, 0.29) is 0 Å². The average Bonchev–Trinajstić information content (AvgIpc) is 2.69. The third-order valence-electron chi connectivity index (χ3n) is 2.77. The first kappa shape index (κ1) is 13.1. The Bertz CT molecular complexity index is 555. The Balaban J connectivity index is 2.26. The molecular formula is C12H18ClN5. The van der Waals surface area contributed by atoms with E-state index >= 15 is 0 Å². The van der Waals surface area contributed by atoms with E-state index in [4.69, 9.17) is 11.6 Å². The zero-order valence-electron chi connectivity index (χ0n) is 11.2. The highest BCUT2D eigenvalue weighted by atomic mass is 35.5. The Morgan fingerprint density at radius 2 is 2.11 bits per heavy atom. The molecule has 98 valence electrons. The van der Waals surface area contributed by atoms with E-state index in [2.05, 4.69) is 41.2 Å². The summed E-state index contributed by atoms with van der Waals surface area (Å²) in [5.41, 5.74) is 1.18. The van der Waals surface area contributed by atoms with Crippen LogP contribution in [0.25, 0.3) is 5.78 Å². The van der Waals surface area contributed by atoms with E-state index in [1.54, 1.807) is 4.52 Å². The molecule has 0 radical (unpaired) electrons. The van der Waals surface area contributed by atoms with Crippen LogP contribution in [-0.4, -0.2) is 26.1 Å². The van der Waals surface area contributed by atoms with E-state index in [0.717, 1.165) is 24.3 Å². The van der Waals surface area contributed by atoms with Crippen LogP contribution in [0.5, 0.6) is 0 Å². The fraction of sp³-hybridized carbons (Fsp3) is 0.583. The number of nitrogens with zero attached hydrogens (tertiary/aromatic N) is 4. The molecule has 2 aromatic rings. The van der Waals surface area contributed by atoms with Gasteiger partial charge in [-0.3, -0.25) is 0 Å². The van der Waals surface area contributed by atoms with Gasteiger partial charge < -0.3 is 5.32 Å². The molecule has 0 unspecified atom stereocenters.